The molecule has 1 aliphatic rings. The third kappa shape index (κ3) is 4.82. The number of rotatable bonds is 7. The standard InChI is InChI=1S/C21H20N4O2/c26-21(25-17-6-7-17)19-12-23-20(13-22-19)24-16-8-10-18(11-9-16)27-14-15-4-2-1-3-5-15/h1-5,8-13,17H,6-7,14H2,(H,23,24)(H,25,26). The number of ether oxygens (including phenoxy) is 1. The zero-order valence-electron chi connectivity index (χ0n) is 14.8. The summed E-state index contributed by atoms with van der Waals surface area (Å²) in [5, 5.41) is 6.06. The average molecular weight is 360 g/mol. The van der Waals surface area contributed by atoms with E-state index >= 15 is 0 Å². The summed E-state index contributed by atoms with van der Waals surface area (Å²) >= 11 is 0. The van der Waals surface area contributed by atoms with E-state index in [2.05, 4.69) is 20.6 Å². The summed E-state index contributed by atoms with van der Waals surface area (Å²) in [6.45, 7) is 0.531. The lowest BCUT2D eigenvalue weighted by Gasteiger charge is -2.09. The van der Waals surface area contributed by atoms with Crippen LogP contribution in [-0.2, 0) is 6.61 Å². The molecule has 6 nitrogen and oxygen atoms in total. The molecule has 2 aromatic carbocycles. The van der Waals surface area contributed by atoms with Crippen molar-refractivity contribution in [3.63, 3.8) is 0 Å². The van der Waals surface area contributed by atoms with Crippen LogP contribution in [0.15, 0.2) is 67.0 Å². The van der Waals surface area contributed by atoms with Crippen LogP contribution in [0.2, 0.25) is 0 Å². The fourth-order valence-corrected chi connectivity index (χ4v) is 2.52. The highest BCUT2D eigenvalue weighted by Gasteiger charge is 2.24. The van der Waals surface area contributed by atoms with E-state index in [0.717, 1.165) is 29.8 Å². The third-order valence-electron chi connectivity index (χ3n) is 4.17. The number of anilines is 2. The molecule has 1 heterocycles. The van der Waals surface area contributed by atoms with Crippen molar-refractivity contribution in [1.29, 1.82) is 0 Å². The van der Waals surface area contributed by atoms with E-state index < -0.39 is 0 Å². The Morgan fingerprint density at radius 3 is 2.44 bits per heavy atom. The SMILES string of the molecule is O=C(NC1CC1)c1cnc(Nc2ccc(OCc3ccccc3)cc2)cn1. The maximum Gasteiger partial charge on any atom is 0.271 e. The molecule has 1 amide bonds. The van der Waals surface area contributed by atoms with Gasteiger partial charge in [0.05, 0.1) is 12.4 Å². The van der Waals surface area contributed by atoms with Gasteiger partial charge in [-0.1, -0.05) is 30.3 Å². The van der Waals surface area contributed by atoms with Crippen molar-refractivity contribution in [3.8, 4) is 5.75 Å². The molecule has 136 valence electrons. The Morgan fingerprint density at radius 1 is 1.00 bits per heavy atom. The van der Waals surface area contributed by atoms with Crippen LogP contribution in [0.4, 0.5) is 11.5 Å². The molecule has 1 fully saturated rings. The molecule has 0 atom stereocenters. The van der Waals surface area contributed by atoms with Crippen molar-refractivity contribution in [2.75, 3.05) is 5.32 Å². The zero-order chi connectivity index (χ0) is 18.5. The van der Waals surface area contributed by atoms with E-state index in [1.54, 1.807) is 6.20 Å². The maximum atomic E-state index is 11.9. The van der Waals surface area contributed by atoms with Gasteiger partial charge >= 0.3 is 0 Å². The highest BCUT2D eigenvalue weighted by Crippen LogP contribution is 2.20. The maximum absolute atomic E-state index is 11.9. The monoisotopic (exact) mass is 360 g/mol. The van der Waals surface area contributed by atoms with Gasteiger partial charge in [-0.2, -0.15) is 0 Å². The van der Waals surface area contributed by atoms with Crippen LogP contribution >= 0.6 is 0 Å². The van der Waals surface area contributed by atoms with Crippen molar-refractivity contribution in [2.45, 2.75) is 25.5 Å². The van der Waals surface area contributed by atoms with E-state index in [1.165, 1.54) is 6.20 Å². The molecule has 0 spiro atoms. The second kappa shape index (κ2) is 7.86. The smallest absolute Gasteiger partial charge is 0.271 e. The normalized spacial score (nSPS) is 13.0. The molecule has 1 aromatic heterocycles. The molecule has 0 bridgehead atoms. The number of carbonyl (C=O) groups is 1. The number of carbonyl (C=O) groups excluding carboxylic acids is 1. The topological polar surface area (TPSA) is 76.1 Å². The van der Waals surface area contributed by atoms with Crippen LogP contribution in [-0.4, -0.2) is 21.9 Å². The van der Waals surface area contributed by atoms with Gasteiger partial charge in [0.15, 0.2) is 0 Å². The highest BCUT2D eigenvalue weighted by atomic mass is 16.5. The number of benzene rings is 2. The van der Waals surface area contributed by atoms with Crippen LogP contribution in [0.5, 0.6) is 5.75 Å². The summed E-state index contributed by atoms with van der Waals surface area (Å²) in [4.78, 5) is 20.3. The summed E-state index contributed by atoms with van der Waals surface area (Å²) in [5.41, 5.74) is 2.32. The van der Waals surface area contributed by atoms with Crippen LogP contribution in [0, 0.1) is 0 Å². The minimum atomic E-state index is -0.170. The van der Waals surface area contributed by atoms with E-state index in [1.807, 2.05) is 54.6 Å². The Morgan fingerprint density at radius 2 is 1.78 bits per heavy atom. The van der Waals surface area contributed by atoms with Crippen LogP contribution in [0.3, 0.4) is 0 Å². The lowest BCUT2D eigenvalue weighted by Crippen LogP contribution is -2.26. The fraction of sp³-hybridized carbons (Fsp3) is 0.190. The minimum absolute atomic E-state index is 0.170. The van der Waals surface area contributed by atoms with E-state index in [4.69, 9.17) is 4.74 Å². The van der Waals surface area contributed by atoms with Gasteiger partial charge in [-0.25, -0.2) is 9.97 Å². The first kappa shape index (κ1) is 17.0. The number of hydrogen-bond donors (Lipinski definition) is 2. The Balaban J connectivity index is 1.31. The number of aromatic nitrogens is 2. The molecule has 1 aliphatic carbocycles. The number of hydrogen-bond acceptors (Lipinski definition) is 5. The van der Waals surface area contributed by atoms with Gasteiger partial charge < -0.3 is 15.4 Å². The quantitative estimate of drug-likeness (QED) is 0.672. The van der Waals surface area contributed by atoms with Crippen LogP contribution in [0.25, 0.3) is 0 Å². The third-order valence-corrected chi connectivity index (χ3v) is 4.17. The average Bonchev–Trinajstić information content (AvgIpc) is 3.53. The molecule has 27 heavy (non-hydrogen) atoms. The summed E-state index contributed by atoms with van der Waals surface area (Å²) in [6, 6.07) is 18.0. The Hall–Kier alpha value is -3.41. The molecule has 0 aliphatic heterocycles. The Labute approximate surface area is 157 Å². The molecular weight excluding hydrogens is 340 g/mol. The summed E-state index contributed by atoms with van der Waals surface area (Å²) < 4.78 is 5.78. The summed E-state index contributed by atoms with van der Waals surface area (Å²) in [7, 11) is 0. The zero-order valence-corrected chi connectivity index (χ0v) is 14.8. The predicted octanol–water partition coefficient (Wildman–Crippen LogP) is 3.69. The van der Waals surface area contributed by atoms with Gasteiger partial charge in [0.25, 0.3) is 5.91 Å². The van der Waals surface area contributed by atoms with Gasteiger partial charge in [-0.15, -0.1) is 0 Å². The number of nitrogens with one attached hydrogen (secondary N) is 2. The van der Waals surface area contributed by atoms with Crippen molar-refractivity contribution in [2.24, 2.45) is 0 Å². The molecule has 0 saturated heterocycles. The first-order chi connectivity index (χ1) is 13.3. The first-order valence-electron chi connectivity index (χ1n) is 8.93. The molecule has 1 saturated carbocycles. The minimum Gasteiger partial charge on any atom is -0.489 e. The summed E-state index contributed by atoms with van der Waals surface area (Å²) in [5.74, 6) is 1.20. The van der Waals surface area contributed by atoms with Gasteiger partial charge in [0.2, 0.25) is 0 Å². The Kier molecular flexibility index (Phi) is 4.96. The molecule has 2 N–H and O–H groups in total. The van der Waals surface area contributed by atoms with Gasteiger partial charge in [0.1, 0.15) is 23.9 Å². The lowest BCUT2D eigenvalue weighted by molar-refractivity contribution is 0.0945. The molecule has 0 radical (unpaired) electrons. The molecular formula is C21H20N4O2. The van der Waals surface area contributed by atoms with E-state index in [-0.39, 0.29) is 5.91 Å². The van der Waals surface area contributed by atoms with E-state index in [0.29, 0.717) is 24.2 Å². The predicted molar refractivity (Wildman–Crippen MR) is 103 cm³/mol. The molecule has 0 unspecified atom stereocenters. The van der Waals surface area contributed by atoms with Crippen molar-refractivity contribution in [3.05, 3.63) is 78.2 Å². The Bertz CT molecular complexity index is 892. The second-order valence-electron chi connectivity index (χ2n) is 6.46. The first-order valence-corrected chi connectivity index (χ1v) is 8.93. The van der Waals surface area contributed by atoms with Crippen LogP contribution < -0.4 is 15.4 Å². The van der Waals surface area contributed by atoms with Crippen LogP contribution in [0.1, 0.15) is 28.9 Å². The van der Waals surface area contributed by atoms with Gasteiger partial charge in [-0.05, 0) is 42.7 Å². The van der Waals surface area contributed by atoms with Gasteiger partial charge in [0, 0.05) is 11.7 Å². The van der Waals surface area contributed by atoms with Crippen molar-refractivity contribution >= 4 is 17.4 Å². The van der Waals surface area contributed by atoms with Crippen molar-refractivity contribution < 1.29 is 9.53 Å². The largest absolute Gasteiger partial charge is 0.489 e. The van der Waals surface area contributed by atoms with Crippen molar-refractivity contribution in [1.82, 2.24) is 15.3 Å². The lowest BCUT2D eigenvalue weighted by atomic mass is 10.2. The molecule has 6 heteroatoms. The number of amides is 1. The molecule has 4 rings (SSSR count). The molecule has 3 aromatic rings. The van der Waals surface area contributed by atoms with Gasteiger partial charge in [-0.3, -0.25) is 4.79 Å². The van der Waals surface area contributed by atoms with E-state index in [9.17, 15) is 4.79 Å². The second-order valence-corrected chi connectivity index (χ2v) is 6.46. The number of nitrogens with zero attached hydrogens (tertiary/aromatic N) is 2. The highest BCUT2D eigenvalue weighted by molar-refractivity contribution is 5.92. The fourth-order valence-electron chi connectivity index (χ4n) is 2.52. The summed E-state index contributed by atoms with van der Waals surface area (Å²) in [6.07, 6.45) is 5.13.